The van der Waals surface area contributed by atoms with Crippen LogP contribution in [0.1, 0.15) is 32.1 Å². The van der Waals surface area contributed by atoms with Gasteiger partial charge in [0, 0.05) is 4.43 Å². The van der Waals surface area contributed by atoms with Gasteiger partial charge < -0.3 is 9.47 Å². The Morgan fingerprint density at radius 3 is 2.62 bits per heavy atom. The number of hydrogen-bond donors (Lipinski definition) is 0. The molecule has 1 saturated carbocycles. The summed E-state index contributed by atoms with van der Waals surface area (Å²) in [7, 11) is 0. The number of rotatable bonds is 3. The predicted molar refractivity (Wildman–Crippen MR) is 58.2 cm³/mol. The number of ether oxygens (including phenoxy) is 2. The zero-order valence-electron chi connectivity index (χ0n) is 7.63. The molecule has 0 unspecified atom stereocenters. The Labute approximate surface area is 92.3 Å². The molecule has 76 valence electrons. The smallest absolute Gasteiger partial charge is 0.433 e. The molecule has 0 radical (unpaired) electrons. The van der Waals surface area contributed by atoms with Crippen LogP contribution in [-0.2, 0) is 9.47 Å². The van der Waals surface area contributed by atoms with E-state index in [1.165, 1.54) is 19.3 Å². The Hall–Kier alpha value is -0.0000000000000000555. The molecule has 0 N–H and O–H groups in total. The van der Waals surface area contributed by atoms with E-state index in [1.807, 2.05) is 0 Å². The summed E-state index contributed by atoms with van der Waals surface area (Å²) >= 11 is 2.16. The maximum atomic E-state index is 11.0. The van der Waals surface area contributed by atoms with E-state index in [0.717, 1.165) is 17.3 Å². The molecule has 1 aliphatic rings. The molecule has 0 atom stereocenters. The van der Waals surface area contributed by atoms with Gasteiger partial charge in [-0.2, -0.15) is 0 Å². The molecule has 1 rings (SSSR count). The first kappa shape index (κ1) is 11.1. The zero-order valence-corrected chi connectivity index (χ0v) is 9.79. The number of carbonyl (C=O) groups excluding carboxylic acids is 1. The number of alkyl halides is 1. The topological polar surface area (TPSA) is 35.5 Å². The fourth-order valence-corrected chi connectivity index (χ4v) is 1.70. The van der Waals surface area contributed by atoms with Crippen LogP contribution in [0, 0.1) is 0 Å². The SMILES string of the molecule is O=C(OCCI)OC1CCCCC1. The minimum Gasteiger partial charge on any atom is -0.433 e. The van der Waals surface area contributed by atoms with Crippen molar-refractivity contribution in [2.75, 3.05) is 11.0 Å². The molecule has 0 aromatic rings. The number of hydrogen-bond acceptors (Lipinski definition) is 3. The van der Waals surface area contributed by atoms with Crippen LogP contribution in [0.3, 0.4) is 0 Å². The average molecular weight is 298 g/mol. The van der Waals surface area contributed by atoms with Crippen LogP contribution in [-0.4, -0.2) is 23.3 Å². The fourth-order valence-electron chi connectivity index (χ4n) is 1.47. The molecular formula is C9H15IO3. The molecule has 0 amide bonds. The highest BCUT2D eigenvalue weighted by Gasteiger charge is 2.17. The van der Waals surface area contributed by atoms with Crippen LogP contribution in [0.25, 0.3) is 0 Å². The fraction of sp³-hybridized carbons (Fsp3) is 0.889. The summed E-state index contributed by atoms with van der Waals surface area (Å²) in [6.45, 7) is 0.451. The van der Waals surface area contributed by atoms with Crippen LogP contribution in [0.15, 0.2) is 0 Å². The van der Waals surface area contributed by atoms with Gasteiger partial charge in [0.15, 0.2) is 0 Å². The number of halogens is 1. The van der Waals surface area contributed by atoms with E-state index in [1.54, 1.807) is 0 Å². The van der Waals surface area contributed by atoms with Gasteiger partial charge in [-0.1, -0.05) is 29.0 Å². The molecule has 0 spiro atoms. The zero-order chi connectivity index (χ0) is 9.52. The van der Waals surface area contributed by atoms with Gasteiger partial charge in [-0.15, -0.1) is 0 Å². The van der Waals surface area contributed by atoms with E-state index in [4.69, 9.17) is 9.47 Å². The molecule has 0 aromatic carbocycles. The van der Waals surface area contributed by atoms with E-state index in [0.29, 0.717) is 6.61 Å². The summed E-state index contributed by atoms with van der Waals surface area (Å²) in [5.74, 6) is 0. The highest BCUT2D eigenvalue weighted by Crippen LogP contribution is 2.20. The maximum absolute atomic E-state index is 11.0. The second-order valence-electron chi connectivity index (χ2n) is 3.17. The Bertz CT molecular complexity index is 155. The van der Waals surface area contributed by atoms with Crippen molar-refractivity contribution in [2.24, 2.45) is 0 Å². The van der Waals surface area contributed by atoms with E-state index >= 15 is 0 Å². The molecule has 0 bridgehead atoms. The molecule has 0 heterocycles. The lowest BCUT2D eigenvalue weighted by atomic mass is 9.98. The molecular weight excluding hydrogens is 283 g/mol. The van der Waals surface area contributed by atoms with E-state index < -0.39 is 6.16 Å². The van der Waals surface area contributed by atoms with Crippen LogP contribution >= 0.6 is 22.6 Å². The Balaban J connectivity index is 2.11. The van der Waals surface area contributed by atoms with E-state index in [-0.39, 0.29) is 6.10 Å². The van der Waals surface area contributed by atoms with E-state index in [9.17, 15) is 4.79 Å². The quantitative estimate of drug-likeness (QED) is 0.456. The standard InChI is InChI=1S/C9H15IO3/c10-6-7-12-9(11)13-8-4-2-1-3-5-8/h8H,1-7H2. The molecule has 13 heavy (non-hydrogen) atoms. The second kappa shape index (κ2) is 6.45. The van der Waals surface area contributed by atoms with Crippen LogP contribution in [0.5, 0.6) is 0 Å². The van der Waals surface area contributed by atoms with Gasteiger partial charge in [0.25, 0.3) is 0 Å². The highest BCUT2D eigenvalue weighted by molar-refractivity contribution is 14.1. The van der Waals surface area contributed by atoms with Gasteiger partial charge in [-0.05, 0) is 25.7 Å². The van der Waals surface area contributed by atoms with Crippen molar-refractivity contribution in [2.45, 2.75) is 38.2 Å². The first-order chi connectivity index (χ1) is 6.33. The Kier molecular flexibility index (Phi) is 5.50. The minimum absolute atomic E-state index is 0.107. The van der Waals surface area contributed by atoms with Crippen LogP contribution in [0.4, 0.5) is 4.79 Å². The van der Waals surface area contributed by atoms with Crippen molar-refractivity contribution in [3.05, 3.63) is 0 Å². The van der Waals surface area contributed by atoms with Gasteiger partial charge in [-0.25, -0.2) is 4.79 Å². The summed E-state index contributed by atoms with van der Waals surface area (Å²) in [4.78, 5) is 11.0. The molecule has 3 nitrogen and oxygen atoms in total. The van der Waals surface area contributed by atoms with Crippen LogP contribution in [0.2, 0.25) is 0 Å². The predicted octanol–water partition coefficient (Wildman–Crippen LogP) is 2.91. The molecule has 1 fully saturated rings. The first-order valence-corrected chi connectivity index (χ1v) is 6.25. The van der Waals surface area contributed by atoms with Gasteiger partial charge in [0.2, 0.25) is 0 Å². The summed E-state index contributed by atoms with van der Waals surface area (Å²) in [5, 5.41) is 0. The first-order valence-electron chi connectivity index (χ1n) is 4.72. The largest absolute Gasteiger partial charge is 0.508 e. The summed E-state index contributed by atoms with van der Waals surface area (Å²) in [6, 6.07) is 0. The van der Waals surface area contributed by atoms with Gasteiger partial charge in [-0.3, -0.25) is 0 Å². The van der Waals surface area contributed by atoms with Crippen molar-refractivity contribution < 1.29 is 14.3 Å². The van der Waals surface area contributed by atoms with Gasteiger partial charge >= 0.3 is 6.16 Å². The van der Waals surface area contributed by atoms with Crippen molar-refractivity contribution >= 4 is 28.7 Å². The molecule has 0 aliphatic heterocycles. The lowest BCUT2D eigenvalue weighted by Crippen LogP contribution is -2.21. The summed E-state index contributed by atoms with van der Waals surface area (Å²) in [6.07, 6.45) is 5.22. The normalized spacial score (nSPS) is 18.2. The third kappa shape index (κ3) is 4.69. The third-order valence-corrected chi connectivity index (χ3v) is 2.55. The van der Waals surface area contributed by atoms with E-state index in [2.05, 4.69) is 22.6 Å². The monoisotopic (exact) mass is 298 g/mol. The molecule has 0 saturated heterocycles. The summed E-state index contributed by atoms with van der Waals surface area (Å²) in [5.41, 5.74) is 0. The Morgan fingerprint density at radius 2 is 2.00 bits per heavy atom. The third-order valence-electron chi connectivity index (χ3n) is 2.11. The second-order valence-corrected chi connectivity index (χ2v) is 4.24. The minimum atomic E-state index is -0.497. The molecule has 0 aromatic heterocycles. The van der Waals surface area contributed by atoms with Crippen molar-refractivity contribution in [1.29, 1.82) is 0 Å². The van der Waals surface area contributed by atoms with Gasteiger partial charge in [0.1, 0.15) is 12.7 Å². The summed E-state index contributed by atoms with van der Waals surface area (Å²) < 4.78 is 10.8. The highest BCUT2D eigenvalue weighted by atomic mass is 127. The maximum Gasteiger partial charge on any atom is 0.508 e. The van der Waals surface area contributed by atoms with Gasteiger partial charge in [0.05, 0.1) is 0 Å². The molecule has 1 aliphatic carbocycles. The average Bonchev–Trinajstić information content (AvgIpc) is 2.16. The number of carbonyl (C=O) groups is 1. The lowest BCUT2D eigenvalue weighted by molar-refractivity contribution is 0.0146. The molecule has 4 heteroatoms. The van der Waals surface area contributed by atoms with Crippen molar-refractivity contribution in [3.63, 3.8) is 0 Å². The van der Waals surface area contributed by atoms with Crippen molar-refractivity contribution in [3.8, 4) is 0 Å². The Morgan fingerprint density at radius 1 is 1.31 bits per heavy atom. The lowest BCUT2D eigenvalue weighted by Gasteiger charge is -2.21. The van der Waals surface area contributed by atoms with Crippen LogP contribution < -0.4 is 0 Å². The van der Waals surface area contributed by atoms with Crippen molar-refractivity contribution in [1.82, 2.24) is 0 Å².